The SMILES string of the molecule is CCCN(CC(=O)Nc1ccc(Cl)cc1Cl)C(=O)COc1ccccc1. The summed E-state index contributed by atoms with van der Waals surface area (Å²) in [5.41, 5.74) is 0.450. The summed E-state index contributed by atoms with van der Waals surface area (Å²) in [6.07, 6.45) is 0.728. The Morgan fingerprint density at radius 1 is 1.12 bits per heavy atom. The monoisotopic (exact) mass is 394 g/mol. The lowest BCUT2D eigenvalue weighted by atomic mass is 10.3. The summed E-state index contributed by atoms with van der Waals surface area (Å²) in [5, 5.41) is 3.51. The molecule has 2 aromatic rings. The van der Waals surface area contributed by atoms with Crippen LogP contribution in [0.25, 0.3) is 0 Å². The normalized spacial score (nSPS) is 10.3. The first kappa shape index (κ1) is 20.1. The second kappa shape index (κ2) is 10.0. The van der Waals surface area contributed by atoms with E-state index in [1.165, 1.54) is 4.90 Å². The Morgan fingerprint density at radius 3 is 2.50 bits per heavy atom. The summed E-state index contributed by atoms with van der Waals surface area (Å²) in [6.45, 7) is 2.19. The average molecular weight is 395 g/mol. The number of nitrogens with one attached hydrogen (secondary N) is 1. The van der Waals surface area contributed by atoms with Crippen molar-refractivity contribution in [3.63, 3.8) is 0 Å². The van der Waals surface area contributed by atoms with E-state index in [1.807, 2.05) is 25.1 Å². The van der Waals surface area contributed by atoms with Gasteiger partial charge in [-0.2, -0.15) is 0 Å². The van der Waals surface area contributed by atoms with Gasteiger partial charge < -0.3 is 15.0 Å². The molecule has 0 fully saturated rings. The molecule has 0 radical (unpaired) electrons. The van der Waals surface area contributed by atoms with E-state index in [9.17, 15) is 9.59 Å². The number of para-hydroxylation sites is 1. The number of rotatable bonds is 8. The third kappa shape index (κ3) is 6.24. The lowest BCUT2D eigenvalue weighted by molar-refractivity contribution is -0.136. The third-order valence-electron chi connectivity index (χ3n) is 3.49. The number of hydrogen-bond acceptors (Lipinski definition) is 3. The molecular weight excluding hydrogens is 375 g/mol. The lowest BCUT2D eigenvalue weighted by Crippen LogP contribution is -2.41. The molecule has 26 heavy (non-hydrogen) atoms. The first-order valence-electron chi connectivity index (χ1n) is 8.20. The van der Waals surface area contributed by atoms with Crippen molar-refractivity contribution in [2.75, 3.05) is 25.0 Å². The van der Waals surface area contributed by atoms with Gasteiger partial charge in [-0.05, 0) is 36.8 Å². The molecule has 0 unspecified atom stereocenters. The third-order valence-corrected chi connectivity index (χ3v) is 4.04. The van der Waals surface area contributed by atoms with Gasteiger partial charge in [-0.25, -0.2) is 0 Å². The molecule has 2 rings (SSSR count). The molecule has 0 aliphatic carbocycles. The van der Waals surface area contributed by atoms with Gasteiger partial charge in [0.15, 0.2) is 6.61 Å². The Labute approximate surface area is 162 Å². The van der Waals surface area contributed by atoms with Crippen LogP contribution in [0.3, 0.4) is 0 Å². The highest BCUT2D eigenvalue weighted by molar-refractivity contribution is 6.36. The van der Waals surface area contributed by atoms with Gasteiger partial charge in [0.2, 0.25) is 5.91 Å². The standard InChI is InChI=1S/C19H20Cl2N2O3/c1-2-10-23(19(25)13-26-15-6-4-3-5-7-15)12-18(24)22-17-9-8-14(20)11-16(17)21/h3-9,11H,2,10,12-13H2,1H3,(H,22,24). The van der Waals surface area contributed by atoms with Crippen LogP contribution in [-0.4, -0.2) is 36.4 Å². The van der Waals surface area contributed by atoms with Crippen LogP contribution in [0, 0.1) is 0 Å². The van der Waals surface area contributed by atoms with Crippen molar-refractivity contribution in [3.8, 4) is 5.75 Å². The molecule has 0 saturated heterocycles. The molecule has 0 spiro atoms. The van der Waals surface area contributed by atoms with E-state index >= 15 is 0 Å². The molecule has 1 N–H and O–H groups in total. The number of halogens is 2. The minimum atomic E-state index is -0.337. The van der Waals surface area contributed by atoms with Crippen LogP contribution in [-0.2, 0) is 9.59 Å². The highest BCUT2D eigenvalue weighted by Gasteiger charge is 2.18. The van der Waals surface area contributed by atoms with Gasteiger partial charge in [0.05, 0.1) is 17.3 Å². The minimum absolute atomic E-state index is 0.0796. The van der Waals surface area contributed by atoms with Crippen molar-refractivity contribution >= 4 is 40.7 Å². The molecule has 7 heteroatoms. The van der Waals surface area contributed by atoms with Crippen LogP contribution >= 0.6 is 23.2 Å². The fraction of sp³-hybridized carbons (Fsp3) is 0.263. The molecule has 0 aromatic heterocycles. The number of nitrogens with zero attached hydrogens (tertiary/aromatic N) is 1. The number of hydrogen-bond donors (Lipinski definition) is 1. The van der Waals surface area contributed by atoms with Crippen molar-refractivity contribution in [3.05, 3.63) is 58.6 Å². The van der Waals surface area contributed by atoms with Crippen LogP contribution in [0.5, 0.6) is 5.75 Å². The smallest absolute Gasteiger partial charge is 0.260 e. The number of benzene rings is 2. The van der Waals surface area contributed by atoms with Gasteiger partial charge >= 0.3 is 0 Å². The zero-order valence-electron chi connectivity index (χ0n) is 14.4. The van der Waals surface area contributed by atoms with E-state index in [1.54, 1.807) is 30.3 Å². The maximum absolute atomic E-state index is 12.4. The van der Waals surface area contributed by atoms with E-state index in [-0.39, 0.29) is 25.0 Å². The zero-order chi connectivity index (χ0) is 18.9. The maximum atomic E-state index is 12.4. The number of ether oxygens (including phenoxy) is 1. The van der Waals surface area contributed by atoms with Crippen molar-refractivity contribution < 1.29 is 14.3 Å². The molecule has 2 amide bonds. The van der Waals surface area contributed by atoms with Crippen LogP contribution in [0.4, 0.5) is 5.69 Å². The van der Waals surface area contributed by atoms with Crippen LogP contribution in [0.15, 0.2) is 48.5 Å². The first-order valence-corrected chi connectivity index (χ1v) is 8.95. The lowest BCUT2D eigenvalue weighted by Gasteiger charge is -2.22. The fourth-order valence-corrected chi connectivity index (χ4v) is 2.72. The fourth-order valence-electron chi connectivity index (χ4n) is 2.27. The van der Waals surface area contributed by atoms with Crippen molar-refractivity contribution in [1.29, 1.82) is 0 Å². The highest BCUT2D eigenvalue weighted by atomic mass is 35.5. The maximum Gasteiger partial charge on any atom is 0.260 e. The summed E-state index contributed by atoms with van der Waals surface area (Å²) < 4.78 is 5.47. The summed E-state index contributed by atoms with van der Waals surface area (Å²) in [5.74, 6) is 0.0125. The number of carbonyl (C=O) groups excluding carboxylic acids is 2. The van der Waals surface area contributed by atoms with Gasteiger partial charge in [-0.15, -0.1) is 0 Å². The van der Waals surface area contributed by atoms with Gasteiger partial charge in [0.25, 0.3) is 5.91 Å². The number of amides is 2. The molecule has 0 atom stereocenters. The van der Waals surface area contributed by atoms with E-state index in [0.717, 1.165) is 6.42 Å². The van der Waals surface area contributed by atoms with E-state index in [4.69, 9.17) is 27.9 Å². The molecule has 0 aliphatic rings. The van der Waals surface area contributed by atoms with Gasteiger partial charge in [-0.1, -0.05) is 48.3 Å². The summed E-state index contributed by atoms with van der Waals surface area (Å²) in [7, 11) is 0. The Hall–Kier alpha value is -2.24. The van der Waals surface area contributed by atoms with Crippen molar-refractivity contribution in [1.82, 2.24) is 4.90 Å². The summed E-state index contributed by atoms with van der Waals surface area (Å²) in [6, 6.07) is 13.9. The molecule has 5 nitrogen and oxygen atoms in total. The van der Waals surface area contributed by atoms with Gasteiger partial charge in [0.1, 0.15) is 5.75 Å². The van der Waals surface area contributed by atoms with Crippen LogP contribution in [0.1, 0.15) is 13.3 Å². The molecule has 0 bridgehead atoms. The van der Waals surface area contributed by atoms with Crippen LogP contribution < -0.4 is 10.1 Å². The second-order valence-electron chi connectivity index (χ2n) is 5.59. The topological polar surface area (TPSA) is 58.6 Å². The van der Waals surface area contributed by atoms with Gasteiger partial charge in [0, 0.05) is 11.6 Å². The highest BCUT2D eigenvalue weighted by Crippen LogP contribution is 2.25. The van der Waals surface area contributed by atoms with Crippen molar-refractivity contribution in [2.24, 2.45) is 0 Å². The van der Waals surface area contributed by atoms with E-state index < -0.39 is 0 Å². The predicted molar refractivity (Wildman–Crippen MR) is 104 cm³/mol. The molecule has 2 aromatic carbocycles. The molecule has 0 aliphatic heterocycles. The van der Waals surface area contributed by atoms with Crippen molar-refractivity contribution in [2.45, 2.75) is 13.3 Å². The Kier molecular flexibility index (Phi) is 7.75. The quantitative estimate of drug-likeness (QED) is 0.727. The Balaban J connectivity index is 1.93. The Morgan fingerprint density at radius 2 is 1.85 bits per heavy atom. The molecular formula is C19H20Cl2N2O3. The zero-order valence-corrected chi connectivity index (χ0v) is 15.9. The minimum Gasteiger partial charge on any atom is -0.484 e. The average Bonchev–Trinajstić information content (AvgIpc) is 2.62. The summed E-state index contributed by atoms with van der Waals surface area (Å²) >= 11 is 11.9. The molecule has 138 valence electrons. The van der Waals surface area contributed by atoms with Gasteiger partial charge in [-0.3, -0.25) is 9.59 Å². The van der Waals surface area contributed by atoms with E-state index in [0.29, 0.717) is 28.0 Å². The first-order chi connectivity index (χ1) is 12.5. The predicted octanol–water partition coefficient (Wildman–Crippen LogP) is 4.25. The second-order valence-corrected chi connectivity index (χ2v) is 6.43. The molecule has 0 heterocycles. The number of anilines is 1. The number of carbonyl (C=O) groups is 2. The van der Waals surface area contributed by atoms with E-state index in [2.05, 4.69) is 5.32 Å². The Bertz CT molecular complexity index is 754. The van der Waals surface area contributed by atoms with Crippen LogP contribution in [0.2, 0.25) is 10.0 Å². The largest absolute Gasteiger partial charge is 0.484 e. The molecule has 0 saturated carbocycles. The summed E-state index contributed by atoms with van der Waals surface area (Å²) in [4.78, 5) is 26.1.